The summed E-state index contributed by atoms with van der Waals surface area (Å²) in [5, 5.41) is 24.5. The lowest BCUT2D eigenvalue weighted by Crippen LogP contribution is -2.22. The van der Waals surface area contributed by atoms with Crippen molar-refractivity contribution in [1.82, 2.24) is 15.5 Å². The molecule has 0 bridgehead atoms. The molecule has 1 aromatic carbocycles. The molecular weight excluding hydrogens is 238 g/mol. The number of aryl methyl sites for hydroxylation is 1. The van der Waals surface area contributed by atoms with E-state index in [1.807, 2.05) is 0 Å². The van der Waals surface area contributed by atoms with Crippen molar-refractivity contribution in [3.8, 4) is 11.5 Å². The maximum atomic E-state index is 11.7. The Kier molecular flexibility index (Phi) is 3.13. The normalized spacial score (nSPS) is 10.3. The molecule has 0 aliphatic carbocycles. The highest BCUT2D eigenvalue weighted by molar-refractivity contribution is 5.94. The van der Waals surface area contributed by atoms with Gasteiger partial charge in [0.25, 0.3) is 5.91 Å². The van der Waals surface area contributed by atoms with Gasteiger partial charge in [-0.05, 0) is 25.1 Å². The first-order chi connectivity index (χ1) is 8.56. The first-order valence-electron chi connectivity index (χ1n) is 5.15. The first kappa shape index (κ1) is 11.9. The van der Waals surface area contributed by atoms with Crippen molar-refractivity contribution in [3.63, 3.8) is 0 Å². The lowest BCUT2D eigenvalue weighted by Gasteiger charge is -2.03. The minimum atomic E-state index is -0.416. The summed E-state index contributed by atoms with van der Waals surface area (Å²) in [5.41, 5.74) is 0.224. The summed E-state index contributed by atoms with van der Waals surface area (Å²) in [4.78, 5) is 15.6. The highest BCUT2D eigenvalue weighted by Gasteiger charge is 2.10. The fraction of sp³-hybridized carbons (Fsp3) is 0.182. The average Bonchev–Trinajstić information content (AvgIpc) is 2.75. The molecule has 94 valence electrons. The van der Waals surface area contributed by atoms with Gasteiger partial charge in [0.05, 0.1) is 6.54 Å². The molecule has 1 amide bonds. The topological polar surface area (TPSA) is 108 Å². The van der Waals surface area contributed by atoms with Crippen molar-refractivity contribution >= 4 is 5.91 Å². The number of carbonyl (C=O) groups is 1. The van der Waals surface area contributed by atoms with Gasteiger partial charge in [0.1, 0.15) is 0 Å². The first-order valence-corrected chi connectivity index (χ1v) is 5.15. The van der Waals surface area contributed by atoms with E-state index in [-0.39, 0.29) is 23.6 Å². The molecule has 0 saturated heterocycles. The van der Waals surface area contributed by atoms with E-state index in [0.29, 0.717) is 11.7 Å². The molecule has 1 heterocycles. The highest BCUT2D eigenvalue weighted by atomic mass is 16.5. The van der Waals surface area contributed by atoms with Gasteiger partial charge in [-0.15, -0.1) is 0 Å². The molecule has 0 spiro atoms. The molecule has 0 saturated carbocycles. The summed E-state index contributed by atoms with van der Waals surface area (Å²) in [6, 6.07) is 3.80. The van der Waals surface area contributed by atoms with E-state index in [4.69, 9.17) is 9.63 Å². The third-order valence-corrected chi connectivity index (χ3v) is 2.21. The van der Waals surface area contributed by atoms with Gasteiger partial charge >= 0.3 is 0 Å². The summed E-state index contributed by atoms with van der Waals surface area (Å²) in [6.07, 6.45) is 0. The van der Waals surface area contributed by atoms with Crippen LogP contribution in [0.25, 0.3) is 0 Å². The smallest absolute Gasteiger partial charge is 0.251 e. The van der Waals surface area contributed by atoms with Gasteiger partial charge in [-0.1, -0.05) is 5.16 Å². The van der Waals surface area contributed by atoms with Crippen LogP contribution in [0.2, 0.25) is 0 Å². The largest absolute Gasteiger partial charge is 0.504 e. The van der Waals surface area contributed by atoms with Gasteiger partial charge in [-0.3, -0.25) is 4.79 Å². The van der Waals surface area contributed by atoms with Gasteiger partial charge in [-0.25, -0.2) is 0 Å². The number of phenols is 2. The Balaban J connectivity index is 2.01. The Hall–Kier alpha value is -2.57. The van der Waals surface area contributed by atoms with Crippen LogP contribution < -0.4 is 5.32 Å². The van der Waals surface area contributed by atoms with Crippen LogP contribution in [-0.2, 0) is 6.54 Å². The minimum Gasteiger partial charge on any atom is -0.504 e. The number of aromatic hydroxyl groups is 2. The lowest BCUT2D eigenvalue weighted by molar-refractivity contribution is 0.0946. The van der Waals surface area contributed by atoms with E-state index in [2.05, 4.69) is 15.5 Å². The zero-order valence-corrected chi connectivity index (χ0v) is 9.54. The van der Waals surface area contributed by atoms with Crippen molar-refractivity contribution in [2.75, 3.05) is 0 Å². The van der Waals surface area contributed by atoms with Gasteiger partial charge in [0, 0.05) is 5.56 Å². The van der Waals surface area contributed by atoms with Crippen LogP contribution in [0.5, 0.6) is 11.5 Å². The molecule has 0 aliphatic heterocycles. The van der Waals surface area contributed by atoms with Crippen molar-refractivity contribution in [3.05, 3.63) is 35.5 Å². The molecule has 18 heavy (non-hydrogen) atoms. The van der Waals surface area contributed by atoms with Crippen LogP contribution in [0.1, 0.15) is 22.1 Å². The summed E-state index contributed by atoms with van der Waals surface area (Å²) < 4.78 is 4.83. The van der Waals surface area contributed by atoms with Crippen LogP contribution in [-0.4, -0.2) is 26.3 Å². The lowest BCUT2D eigenvalue weighted by atomic mass is 10.2. The molecule has 0 fully saturated rings. The van der Waals surface area contributed by atoms with Gasteiger partial charge < -0.3 is 20.1 Å². The molecule has 0 radical (unpaired) electrons. The molecule has 1 aromatic heterocycles. The molecule has 0 aliphatic rings. The van der Waals surface area contributed by atoms with Crippen molar-refractivity contribution in [2.24, 2.45) is 0 Å². The summed E-state index contributed by atoms with van der Waals surface area (Å²) in [6.45, 7) is 1.77. The highest BCUT2D eigenvalue weighted by Crippen LogP contribution is 2.24. The number of phenolic OH excluding ortho intramolecular Hbond substituents is 2. The van der Waals surface area contributed by atoms with Gasteiger partial charge in [0.15, 0.2) is 17.3 Å². The Bertz CT molecular complexity index is 579. The number of benzene rings is 1. The molecule has 2 aromatic rings. The van der Waals surface area contributed by atoms with Gasteiger partial charge in [-0.2, -0.15) is 4.98 Å². The number of aromatic nitrogens is 2. The number of nitrogens with zero attached hydrogens (tertiary/aromatic N) is 2. The molecule has 7 heteroatoms. The maximum absolute atomic E-state index is 11.7. The van der Waals surface area contributed by atoms with Crippen LogP contribution >= 0.6 is 0 Å². The van der Waals surface area contributed by atoms with Crippen molar-refractivity contribution in [1.29, 1.82) is 0 Å². The van der Waals surface area contributed by atoms with Crippen LogP contribution in [0.4, 0.5) is 0 Å². The SMILES string of the molecule is Cc1noc(CNC(=O)c2ccc(O)c(O)c2)n1. The number of hydrogen-bond acceptors (Lipinski definition) is 6. The Morgan fingerprint density at radius 1 is 1.39 bits per heavy atom. The summed E-state index contributed by atoms with van der Waals surface area (Å²) >= 11 is 0. The Morgan fingerprint density at radius 2 is 2.17 bits per heavy atom. The second kappa shape index (κ2) is 4.74. The molecule has 3 N–H and O–H groups in total. The zero-order valence-electron chi connectivity index (χ0n) is 9.54. The second-order valence-electron chi connectivity index (χ2n) is 3.62. The third kappa shape index (κ3) is 2.57. The quantitative estimate of drug-likeness (QED) is 0.691. The minimum absolute atomic E-state index is 0.0985. The number of amides is 1. The van der Waals surface area contributed by atoms with Gasteiger partial charge in [0.2, 0.25) is 5.89 Å². The maximum Gasteiger partial charge on any atom is 0.251 e. The summed E-state index contributed by atoms with van der Waals surface area (Å²) in [7, 11) is 0. The van der Waals surface area contributed by atoms with E-state index < -0.39 is 5.91 Å². The zero-order chi connectivity index (χ0) is 13.1. The van der Waals surface area contributed by atoms with E-state index >= 15 is 0 Å². The molecule has 7 nitrogen and oxygen atoms in total. The molecule has 2 rings (SSSR count). The van der Waals surface area contributed by atoms with Crippen LogP contribution in [0.15, 0.2) is 22.7 Å². The average molecular weight is 249 g/mol. The molecule has 0 atom stereocenters. The predicted octanol–water partition coefficient (Wildman–Crippen LogP) is 0.719. The standard InChI is InChI=1S/C11H11N3O4/c1-6-13-10(18-14-6)5-12-11(17)7-2-3-8(15)9(16)4-7/h2-4,15-16H,5H2,1H3,(H,12,17). The van der Waals surface area contributed by atoms with Crippen LogP contribution in [0.3, 0.4) is 0 Å². The molecule has 0 unspecified atom stereocenters. The van der Waals surface area contributed by atoms with Crippen molar-refractivity contribution in [2.45, 2.75) is 13.5 Å². The number of carbonyl (C=O) groups excluding carboxylic acids is 1. The third-order valence-electron chi connectivity index (χ3n) is 2.21. The second-order valence-corrected chi connectivity index (χ2v) is 3.62. The predicted molar refractivity (Wildman–Crippen MR) is 60.0 cm³/mol. The van der Waals surface area contributed by atoms with E-state index in [0.717, 1.165) is 0 Å². The fourth-order valence-corrected chi connectivity index (χ4v) is 1.33. The Labute approximate surface area is 102 Å². The monoisotopic (exact) mass is 249 g/mol. The Morgan fingerprint density at radius 3 is 2.78 bits per heavy atom. The molecular formula is C11H11N3O4. The number of nitrogens with one attached hydrogen (secondary N) is 1. The van der Waals surface area contributed by atoms with E-state index in [1.54, 1.807) is 6.92 Å². The van der Waals surface area contributed by atoms with E-state index in [9.17, 15) is 9.90 Å². The number of hydrogen-bond donors (Lipinski definition) is 3. The van der Waals surface area contributed by atoms with E-state index in [1.165, 1.54) is 18.2 Å². The fourth-order valence-electron chi connectivity index (χ4n) is 1.33. The number of rotatable bonds is 3. The summed E-state index contributed by atoms with van der Waals surface area (Å²) in [5.74, 6) is -0.262. The van der Waals surface area contributed by atoms with Crippen molar-refractivity contribution < 1.29 is 19.5 Å². The van der Waals surface area contributed by atoms with Crippen LogP contribution in [0, 0.1) is 6.92 Å².